The number of hydrogen-bond donors (Lipinski definition) is 0. The zero-order valence-electron chi connectivity index (χ0n) is 10.6. The first-order valence-corrected chi connectivity index (χ1v) is 5.79. The van der Waals surface area contributed by atoms with Crippen molar-refractivity contribution >= 4 is 16.9 Å². The molecule has 0 aliphatic carbocycles. The number of fused-ring (bicyclic) bond motifs is 1. The Morgan fingerprint density at radius 1 is 1.21 bits per heavy atom. The van der Waals surface area contributed by atoms with Gasteiger partial charge < -0.3 is 4.90 Å². The molecule has 2 heterocycles. The Balaban J connectivity index is 2.24. The summed E-state index contributed by atoms with van der Waals surface area (Å²) in [6.45, 7) is 0. The van der Waals surface area contributed by atoms with Crippen molar-refractivity contribution in [3.63, 3.8) is 0 Å². The van der Waals surface area contributed by atoms with Crippen LogP contribution in [0.15, 0.2) is 36.8 Å². The van der Waals surface area contributed by atoms with Gasteiger partial charge in [-0.15, -0.1) is 0 Å². The molecule has 0 fully saturated rings. The van der Waals surface area contributed by atoms with Gasteiger partial charge in [0.05, 0.1) is 17.3 Å². The van der Waals surface area contributed by atoms with Crippen LogP contribution in [-0.2, 0) is 0 Å². The molecule has 0 radical (unpaired) electrons. The van der Waals surface area contributed by atoms with E-state index in [9.17, 15) is 4.39 Å². The predicted molar refractivity (Wildman–Crippen MR) is 70.9 cm³/mol. The number of benzene rings is 1. The van der Waals surface area contributed by atoms with Gasteiger partial charge in [0, 0.05) is 14.1 Å². The molecule has 19 heavy (non-hydrogen) atoms. The van der Waals surface area contributed by atoms with E-state index in [2.05, 4.69) is 15.1 Å². The van der Waals surface area contributed by atoms with Gasteiger partial charge in [-0.25, -0.2) is 19.0 Å². The number of hydrogen-bond acceptors (Lipinski definition) is 4. The lowest BCUT2D eigenvalue weighted by atomic mass is 10.3. The van der Waals surface area contributed by atoms with Crippen LogP contribution in [-0.4, -0.2) is 33.8 Å². The van der Waals surface area contributed by atoms with Crippen LogP contribution in [0.2, 0.25) is 0 Å². The molecule has 3 aromatic rings. The molecular weight excluding hydrogens is 245 g/mol. The summed E-state index contributed by atoms with van der Waals surface area (Å²) in [5.74, 6) is 0.482. The van der Waals surface area contributed by atoms with Crippen LogP contribution in [0.5, 0.6) is 0 Å². The second-order valence-corrected chi connectivity index (χ2v) is 4.37. The van der Waals surface area contributed by atoms with Crippen molar-refractivity contribution in [1.29, 1.82) is 0 Å². The normalized spacial score (nSPS) is 10.9. The molecule has 1 aromatic carbocycles. The van der Waals surface area contributed by atoms with Crippen LogP contribution < -0.4 is 4.90 Å². The third kappa shape index (κ3) is 1.91. The topological polar surface area (TPSA) is 46.8 Å². The van der Waals surface area contributed by atoms with Crippen LogP contribution in [0.25, 0.3) is 16.7 Å². The third-order valence-corrected chi connectivity index (χ3v) is 2.82. The summed E-state index contributed by atoms with van der Waals surface area (Å²) in [6.07, 6.45) is 3.17. The van der Waals surface area contributed by atoms with Gasteiger partial charge in [-0.2, -0.15) is 5.10 Å². The highest BCUT2D eigenvalue weighted by atomic mass is 19.1. The van der Waals surface area contributed by atoms with Crippen molar-refractivity contribution in [3.05, 3.63) is 42.6 Å². The maximum atomic E-state index is 13.3. The van der Waals surface area contributed by atoms with Gasteiger partial charge >= 0.3 is 0 Å². The molecule has 6 heteroatoms. The number of halogens is 1. The fourth-order valence-electron chi connectivity index (χ4n) is 1.98. The number of anilines is 1. The lowest BCUT2D eigenvalue weighted by Gasteiger charge is -2.11. The minimum atomic E-state index is -0.303. The predicted octanol–water partition coefficient (Wildman–Crippen LogP) is 2.02. The van der Waals surface area contributed by atoms with Crippen LogP contribution >= 0.6 is 0 Å². The molecule has 0 spiro atoms. The highest BCUT2D eigenvalue weighted by Gasteiger charge is 2.12. The minimum absolute atomic E-state index is 0.303. The molecule has 2 aromatic heterocycles. The van der Waals surface area contributed by atoms with Crippen molar-refractivity contribution in [2.24, 2.45) is 0 Å². The quantitative estimate of drug-likeness (QED) is 0.704. The lowest BCUT2D eigenvalue weighted by molar-refractivity contribution is 0.625. The summed E-state index contributed by atoms with van der Waals surface area (Å²) >= 11 is 0. The van der Waals surface area contributed by atoms with E-state index in [1.165, 1.54) is 18.5 Å². The summed E-state index contributed by atoms with van der Waals surface area (Å²) in [5, 5.41) is 5.10. The maximum Gasteiger partial charge on any atom is 0.168 e. The van der Waals surface area contributed by atoms with E-state index in [1.807, 2.05) is 19.0 Å². The summed E-state index contributed by atoms with van der Waals surface area (Å²) in [4.78, 5) is 10.3. The monoisotopic (exact) mass is 257 g/mol. The molecule has 0 unspecified atom stereocenters. The third-order valence-electron chi connectivity index (χ3n) is 2.82. The molecule has 5 nitrogen and oxygen atoms in total. The molecule has 0 aliphatic rings. The Kier molecular flexibility index (Phi) is 2.63. The molecule has 0 aliphatic heterocycles. The SMILES string of the molecule is CN(C)c1ncnc2c1cnn2-c1cccc(F)c1. The van der Waals surface area contributed by atoms with Crippen LogP contribution in [0.1, 0.15) is 0 Å². The highest BCUT2D eigenvalue weighted by Crippen LogP contribution is 2.23. The molecule has 0 saturated carbocycles. The average molecular weight is 257 g/mol. The van der Waals surface area contributed by atoms with Crippen molar-refractivity contribution < 1.29 is 4.39 Å². The molecule has 0 atom stereocenters. The summed E-state index contributed by atoms with van der Waals surface area (Å²) in [7, 11) is 3.81. The van der Waals surface area contributed by atoms with Gasteiger partial charge in [0.2, 0.25) is 0 Å². The van der Waals surface area contributed by atoms with Crippen LogP contribution in [0.4, 0.5) is 10.2 Å². The fourth-order valence-corrected chi connectivity index (χ4v) is 1.98. The Labute approximate surface area is 109 Å². The van der Waals surface area contributed by atoms with Gasteiger partial charge in [0.1, 0.15) is 18.0 Å². The van der Waals surface area contributed by atoms with Gasteiger partial charge in [-0.1, -0.05) is 6.07 Å². The first kappa shape index (κ1) is 11.6. The van der Waals surface area contributed by atoms with E-state index >= 15 is 0 Å². The zero-order valence-corrected chi connectivity index (χ0v) is 10.6. The van der Waals surface area contributed by atoms with Gasteiger partial charge in [-0.05, 0) is 18.2 Å². The van der Waals surface area contributed by atoms with E-state index in [-0.39, 0.29) is 5.82 Å². The summed E-state index contributed by atoms with van der Waals surface area (Å²) in [5.41, 5.74) is 1.29. The summed E-state index contributed by atoms with van der Waals surface area (Å²) in [6, 6.07) is 6.25. The number of aromatic nitrogens is 4. The Morgan fingerprint density at radius 3 is 2.79 bits per heavy atom. The summed E-state index contributed by atoms with van der Waals surface area (Å²) < 4.78 is 14.9. The number of rotatable bonds is 2. The van der Waals surface area contributed by atoms with Crippen molar-refractivity contribution in [2.75, 3.05) is 19.0 Å². The van der Waals surface area contributed by atoms with E-state index < -0.39 is 0 Å². The van der Waals surface area contributed by atoms with Crippen molar-refractivity contribution in [1.82, 2.24) is 19.7 Å². The Bertz CT molecular complexity index is 735. The first-order chi connectivity index (χ1) is 9.16. The highest BCUT2D eigenvalue weighted by molar-refractivity contribution is 5.87. The van der Waals surface area contributed by atoms with E-state index in [0.717, 1.165) is 11.2 Å². The average Bonchev–Trinajstić information content (AvgIpc) is 2.82. The van der Waals surface area contributed by atoms with Crippen LogP contribution in [0.3, 0.4) is 0 Å². The van der Waals surface area contributed by atoms with Gasteiger partial charge in [-0.3, -0.25) is 0 Å². The molecule has 96 valence electrons. The Morgan fingerprint density at radius 2 is 2.05 bits per heavy atom. The molecule has 0 amide bonds. The standard InChI is InChI=1S/C13H12FN5/c1-18(2)12-11-7-17-19(13(11)16-8-15-12)10-5-3-4-9(14)6-10/h3-8H,1-2H3. The number of nitrogens with zero attached hydrogens (tertiary/aromatic N) is 5. The molecule has 0 bridgehead atoms. The molecular formula is C13H12FN5. The van der Waals surface area contributed by atoms with E-state index in [4.69, 9.17) is 0 Å². The van der Waals surface area contributed by atoms with Crippen molar-refractivity contribution in [3.8, 4) is 5.69 Å². The van der Waals surface area contributed by atoms with Crippen molar-refractivity contribution in [2.45, 2.75) is 0 Å². The van der Waals surface area contributed by atoms with Crippen LogP contribution in [0, 0.1) is 5.82 Å². The van der Waals surface area contributed by atoms with Gasteiger partial charge in [0.25, 0.3) is 0 Å². The molecule has 0 N–H and O–H groups in total. The van der Waals surface area contributed by atoms with E-state index in [0.29, 0.717) is 11.3 Å². The first-order valence-electron chi connectivity index (χ1n) is 5.79. The second kappa shape index (κ2) is 4.31. The van der Waals surface area contributed by atoms with E-state index in [1.54, 1.807) is 23.0 Å². The lowest BCUT2D eigenvalue weighted by Crippen LogP contribution is -2.11. The minimum Gasteiger partial charge on any atom is -0.362 e. The Hall–Kier alpha value is -2.50. The molecule has 0 saturated heterocycles. The second-order valence-electron chi connectivity index (χ2n) is 4.37. The molecule has 3 rings (SSSR count). The van der Waals surface area contributed by atoms with Gasteiger partial charge in [0.15, 0.2) is 5.65 Å². The largest absolute Gasteiger partial charge is 0.362 e. The fraction of sp³-hybridized carbons (Fsp3) is 0.154. The maximum absolute atomic E-state index is 13.3. The smallest absolute Gasteiger partial charge is 0.168 e. The zero-order chi connectivity index (χ0) is 13.4.